The highest BCUT2D eigenvalue weighted by Crippen LogP contribution is 2.13. The first-order valence-corrected chi connectivity index (χ1v) is 6.14. The lowest BCUT2D eigenvalue weighted by Gasteiger charge is -2.05. The minimum Gasteiger partial charge on any atom is -0.394 e. The average Bonchev–Trinajstić information content (AvgIpc) is 2.21. The fourth-order valence-corrected chi connectivity index (χ4v) is 1.95. The first-order chi connectivity index (χ1) is 6.72. The van der Waals surface area contributed by atoms with Crippen molar-refractivity contribution in [1.29, 1.82) is 0 Å². The van der Waals surface area contributed by atoms with E-state index < -0.39 is 6.10 Å². The van der Waals surface area contributed by atoms with E-state index in [1.165, 1.54) is 0 Å². The maximum absolute atomic E-state index is 9.08. The largest absolute Gasteiger partial charge is 0.394 e. The number of thioether (sulfide) groups is 1. The van der Waals surface area contributed by atoms with E-state index >= 15 is 0 Å². The Morgan fingerprint density at radius 1 is 1.50 bits per heavy atom. The Kier molecular flexibility index (Phi) is 5.47. The summed E-state index contributed by atoms with van der Waals surface area (Å²) >= 11 is 4.86. The van der Waals surface area contributed by atoms with Gasteiger partial charge in [0.25, 0.3) is 0 Å². The van der Waals surface area contributed by atoms with Crippen LogP contribution in [0.1, 0.15) is 5.69 Å². The van der Waals surface area contributed by atoms with Crippen molar-refractivity contribution >= 4 is 27.7 Å². The molecule has 0 saturated carbocycles. The summed E-state index contributed by atoms with van der Waals surface area (Å²) < 4.78 is 0.960. The average molecular weight is 278 g/mol. The lowest BCUT2D eigenvalue weighted by Crippen LogP contribution is -2.14. The monoisotopic (exact) mass is 277 g/mol. The van der Waals surface area contributed by atoms with Gasteiger partial charge in [-0.1, -0.05) is 0 Å². The van der Waals surface area contributed by atoms with E-state index in [4.69, 9.17) is 10.2 Å². The van der Waals surface area contributed by atoms with Crippen LogP contribution in [0.25, 0.3) is 0 Å². The maximum Gasteiger partial charge on any atom is 0.0861 e. The van der Waals surface area contributed by atoms with E-state index in [2.05, 4.69) is 20.9 Å². The van der Waals surface area contributed by atoms with Crippen molar-refractivity contribution in [3.05, 3.63) is 28.5 Å². The van der Waals surface area contributed by atoms with Crippen molar-refractivity contribution in [2.75, 3.05) is 12.4 Å². The van der Waals surface area contributed by atoms with E-state index in [0.29, 0.717) is 5.75 Å². The van der Waals surface area contributed by atoms with E-state index in [1.807, 2.05) is 12.1 Å². The van der Waals surface area contributed by atoms with E-state index in [9.17, 15) is 0 Å². The number of hydrogen-bond acceptors (Lipinski definition) is 4. The number of nitrogens with zero attached hydrogens (tertiary/aromatic N) is 1. The van der Waals surface area contributed by atoms with Crippen molar-refractivity contribution in [3.63, 3.8) is 0 Å². The van der Waals surface area contributed by atoms with Crippen molar-refractivity contribution in [3.8, 4) is 0 Å². The van der Waals surface area contributed by atoms with Gasteiger partial charge in [0.15, 0.2) is 0 Å². The quantitative estimate of drug-likeness (QED) is 0.855. The molecule has 0 aromatic carbocycles. The molecule has 78 valence electrons. The van der Waals surface area contributed by atoms with Crippen LogP contribution in [0, 0.1) is 0 Å². The van der Waals surface area contributed by atoms with Gasteiger partial charge in [-0.25, -0.2) is 0 Å². The molecule has 0 radical (unpaired) electrons. The van der Waals surface area contributed by atoms with Gasteiger partial charge in [-0.15, -0.1) is 0 Å². The van der Waals surface area contributed by atoms with Gasteiger partial charge in [0.05, 0.1) is 18.4 Å². The molecule has 0 spiro atoms. The molecule has 0 aliphatic rings. The number of aliphatic hydroxyl groups is 2. The second kappa shape index (κ2) is 6.40. The molecular weight excluding hydrogens is 266 g/mol. The zero-order valence-corrected chi connectivity index (χ0v) is 9.96. The smallest absolute Gasteiger partial charge is 0.0861 e. The number of halogens is 1. The molecule has 0 aliphatic carbocycles. The Balaban J connectivity index is 2.28. The predicted octanol–water partition coefficient (Wildman–Crippen LogP) is 1.43. The van der Waals surface area contributed by atoms with Gasteiger partial charge in [0.2, 0.25) is 0 Å². The third-order valence-electron chi connectivity index (χ3n) is 1.56. The summed E-state index contributed by atoms with van der Waals surface area (Å²) in [5, 5.41) is 17.7. The summed E-state index contributed by atoms with van der Waals surface area (Å²) in [6.45, 7) is -0.180. The normalized spacial score (nSPS) is 12.8. The van der Waals surface area contributed by atoms with Crippen LogP contribution in [0.5, 0.6) is 0 Å². The molecule has 1 aromatic heterocycles. The maximum atomic E-state index is 9.08. The lowest BCUT2D eigenvalue weighted by atomic mass is 10.4. The molecule has 2 N–H and O–H groups in total. The predicted molar refractivity (Wildman–Crippen MR) is 61.2 cm³/mol. The van der Waals surface area contributed by atoms with Crippen LogP contribution in [0.15, 0.2) is 22.8 Å². The Bertz CT molecular complexity index is 268. The Hall–Kier alpha value is -0.100. The SMILES string of the molecule is OCC(O)CSCc1ccc(Br)cn1. The second-order valence-electron chi connectivity index (χ2n) is 2.82. The zero-order valence-electron chi connectivity index (χ0n) is 7.56. The van der Waals surface area contributed by atoms with Gasteiger partial charge in [-0.3, -0.25) is 4.98 Å². The van der Waals surface area contributed by atoms with Crippen molar-refractivity contribution in [1.82, 2.24) is 4.98 Å². The molecule has 1 heterocycles. The van der Waals surface area contributed by atoms with E-state index in [1.54, 1.807) is 18.0 Å². The molecule has 1 atom stereocenters. The number of rotatable bonds is 5. The van der Waals surface area contributed by atoms with Crippen LogP contribution in [0.4, 0.5) is 0 Å². The van der Waals surface area contributed by atoms with Crippen LogP contribution in [0.3, 0.4) is 0 Å². The number of pyridine rings is 1. The minimum atomic E-state index is -0.629. The summed E-state index contributed by atoms with van der Waals surface area (Å²) in [6, 6.07) is 3.87. The highest BCUT2D eigenvalue weighted by atomic mass is 79.9. The highest BCUT2D eigenvalue weighted by molar-refractivity contribution is 9.10. The third kappa shape index (κ3) is 4.41. The third-order valence-corrected chi connectivity index (χ3v) is 3.15. The first kappa shape index (κ1) is 12.0. The molecule has 3 nitrogen and oxygen atoms in total. The molecule has 1 aromatic rings. The van der Waals surface area contributed by atoms with Gasteiger partial charge in [-0.2, -0.15) is 11.8 Å². The fourth-order valence-electron chi connectivity index (χ4n) is 0.844. The number of hydrogen-bond donors (Lipinski definition) is 2. The van der Waals surface area contributed by atoms with Gasteiger partial charge < -0.3 is 10.2 Å². The van der Waals surface area contributed by atoms with Crippen LogP contribution >= 0.6 is 27.7 Å². The summed E-state index contributed by atoms with van der Waals surface area (Å²) in [5.74, 6) is 1.29. The minimum absolute atomic E-state index is 0.180. The molecule has 1 unspecified atom stereocenters. The van der Waals surface area contributed by atoms with Crippen LogP contribution in [0.2, 0.25) is 0 Å². The fraction of sp³-hybridized carbons (Fsp3) is 0.444. The van der Waals surface area contributed by atoms with E-state index in [0.717, 1.165) is 15.9 Å². The molecule has 0 fully saturated rings. The standard InChI is InChI=1S/C9H12BrNO2S/c10-7-1-2-8(11-3-7)5-14-6-9(13)4-12/h1-3,9,12-13H,4-6H2. The van der Waals surface area contributed by atoms with Gasteiger partial charge in [0, 0.05) is 22.2 Å². The molecule has 0 saturated heterocycles. The first-order valence-electron chi connectivity index (χ1n) is 4.19. The van der Waals surface area contributed by atoms with Crippen molar-refractivity contribution in [2.45, 2.75) is 11.9 Å². The van der Waals surface area contributed by atoms with Crippen molar-refractivity contribution < 1.29 is 10.2 Å². The molecule has 0 aliphatic heterocycles. The number of aliphatic hydroxyl groups excluding tert-OH is 2. The van der Waals surface area contributed by atoms with Crippen LogP contribution < -0.4 is 0 Å². The van der Waals surface area contributed by atoms with Crippen LogP contribution in [-0.2, 0) is 5.75 Å². The lowest BCUT2D eigenvalue weighted by molar-refractivity contribution is 0.113. The molecule has 5 heteroatoms. The summed E-state index contributed by atoms with van der Waals surface area (Å²) in [5.41, 5.74) is 0.975. The second-order valence-corrected chi connectivity index (χ2v) is 4.77. The topological polar surface area (TPSA) is 53.4 Å². The molecular formula is C9H12BrNO2S. The zero-order chi connectivity index (χ0) is 10.4. The van der Waals surface area contributed by atoms with Crippen LogP contribution in [-0.4, -0.2) is 33.7 Å². The Morgan fingerprint density at radius 2 is 2.29 bits per heavy atom. The highest BCUT2D eigenvalue weighted by Gasteiger charge is 2.02. The van der Waals surface area contributed by atoms with Crippen molar-refractivity contribution in [2.24, 2.45) is 0 Å². The molecule has 0 bridgehead atoms. The van der Waals surface area contributed by atoms with Gasteiger partial charge in [-0.05, 0) is 28.1 Å². The van der Waals surface area contributed by atoms with E-state index in [-0.39, 0.29) is 6.61 Å². The summed E-state index contributed by atoms with van der Waals surface area (Å²) in [6.07, 6.45) is 1.12. The molecule has 0 amide bonds. The van der Waals surface area contributed by atoms with Gasteiger partial charge >= 0.3 is 0 Å². The summed E-state index contributed by atoms with van der Waals surface area (Å²) in [4.78, 5) is 4.19. The summed E-state index contributed by atoms with van der Waals surface area (Å²) in [7, 11) is 0. The van der Waals surface area contributed by atoms with Gasteiger partial charge in [0.1, 0.15) is 0 Å². The molecule has 14 heavy (non-hydrogen) atoms. The Morgan fingerprint density at radius 3 is 2.86 bits per heavy atom. The number of aromatic nitrogens is 1. The molecule has 1 rings (SSSR count). The Labute approximate surface area is 95.7 Å².